The van der Waals surface area contributed by atoms with Crippen molar-refractivity contribution in [3.63, 3.8) is 0 Å². The number of nitrogens with two attached hydrogens (primary N) is 1. The van der Waals surface area contributed by atoms with Crippen LogP contribution >= 0.6 is 0 Å². The first-order valence-corrected chi connectivity index (χ1v) is 5.25. The van der Waals surface area contributed by atoms with Gasteiger partial charge < -0.3 is 11.1 Å². The molecule has 94 valence electrons. The monoisotopic (exact) mass is 252 g/mol. The topological polar surface area (TPSA) is 38.0 Å². The van der Waals surface area contributed by atoms with Crippen LogP contribution in [0.5, 0.6) is 0 Å². The molecule has 0 atom stereocenters. The fourth-order valence-corrected chi connectivity index (χ4v) is 1.53. The standard InChI is InChI=1S/C13H11F3N2/c1-7-4-10(16)13(6-9(7)15)18-12-3-2-8(14)5-11(12)17/h2-6,18H,17H2,1H3. The van der Waals surface area contributed by atoms with Gasteiger partial charge in [0.15, 0.2) is 0 Å². The van der Waals surface area contributed by atoms with Gasteiger partial charge >= 0.3 is 0 Å². The summed E-state index contributed by atoms with van der Waals surface area (Å²) in [5, 5.41) is 2.63. The fraction of sp³-hybridized carbons (Fsp3) is 0.0769. The van der Waals surface area contributed by atoms with Crippen LogP contribution in [0.15, 0.2) is 30.3 Å². The fourth-order valence-electron chi connectivity index (χ4n) is 1.53. The van der Waals surface area contributed by atoms with Gasteiger partial charge in [-0.2, -0.15) is 0 Å². The molecule has 0 saturated carbocycles. The molecule has 0 fully saturated rings. The third kappa shape index (κ3) is 2.40. The van der Waals surface area contributed by atoms with Gasteiger partial charge in [-0.1, -0.05) is 0 Å². The van der Waals surface area contributed by atoms with E-state index < -0.39 is 17.5 Å². The number of rotatable bonds is 2. The smallest absolute Gasteiger partial charge is 0.147 e. The normalized spacial score (nSPS) is 10.4. The highest BCUT2D eigenvalue weighted by Crippen LogP contribution is 2.27. The molecule has 0 aliphatic heterocycles. The first-order chi connectivity index (χ1) is 8.47. The molecule has 2 aromatic carbocycles. The molecule has 2 nitrogen and oxygen atoms in total. The van der Waals surface area contributed by atoms with Crippen LogP contribution in [0.25, 0.3) is 0 Å². The average Bonchev–Trinajstić information content (AvgIpc) is 2.29. The summed E-state index contributed by atoms with van der Waals surface area (Å²) in [4.78, 5) is 0. The van der Waals surface area contributed by atoms with Crippen LogP contribution in [-0.2, 0) is 0 Å². The van der Waals surface area contributed by atoms with Crippen molar-refractivity contribution in [1.82, 2.24) is 0 Å². The van der Waals surface area contributed by atoms with E-state index in [1.165, 1.54) is 19.1 Å². The van der Waals surface area contributed by atoms with Gasteiger partial charge in [0.25, 0.3) is 0 Å². The second-order valence-electron chi connectivity index (χ2n) is 3.94. The molecule has 0 aliphatic carbocycles. The Labute approximate surface area is 102 Å². The Hall–Kier alpha value is -2.17. The lowest BCUT2D eigenvalue weighted by Crippen LogP contribution is -2.00. The molecule has 5 heteroatoms. The molecule has 0 radical (unpaired) electrons. The summed E-state index contributed by atoms with van der Waals surface area (Å²) in [6.07, 6.45) is 0. The zero-order valence-electron chi connectivity index (χ0n) is 9.60. The summed E-state index contributed by atoms with van der Waals surface area (Å²) in [5.41, 5.74) is 6.18. The Morgan fingerprint density at radius 2 is 1.67 bits per heavy atom. The Morgan fingerprint density at radius 1 is 0.944 bits per heavy atom. The molecule has 0 aromatic heterocycles. The van der Waals surface area contributed by atoms with Gasteiger partial charge in [0, 0.05) is 6.07 Å². The largest absolute Gasteiger partial charge is 0.397 e. The molecular weight excluding hydrogens is 241 g/mol. The third-order valence-electron chi connectivity index (χ3n) is 2.53. The predicted octanol–water partition coefficient (Wildman–Crippen LogP) is 3.74. The average molecular weight is 252 g/mol. The molecule has 0 aliphatic rings. The van der Waals surface area contributed by atoms with E-state index in [4.69, 9.17) is 5.73 Å². The van der Waals surface area contributed by atoms with Gasteiger partial charge in [-0.3, -0.25) is 0 Å². The van der Waals surface area contributed by atoms with Crippen LogP contribution < -0.4 is 11.1 Å². The maximum absolute atomic E-state index is 13.6. The zero-order chi connectivity index (χ0) is 13.3. The summed E-state index contributed by atoms with van der Waals surface area (Å²) in [7, 11) is 0. The summed E-state index contributed by atoms with van der Waals surface area (Å²) in [5.74, 6) is -1.62. The Balaban J connectivity index is 2.37. The Kier molecular flexibility index (Phi) is 3.14. The summed E-state index contributed by atoms with van der Waals surface area (Å²) in [6.45, 7) is 1.47. The van der Waals surface area contributed by atoms with Gasteiger partial charge in [0.2, 0.25) is 0 Å². The maximum Gasteiger partial charge on any atom is 0.147 e. The number of benzene rings is 2. The van der Waals surface area contributed by atoms with Crippen LogP contribution in [0.1, 0.15) is 5.56 Å². The van der Waals surface area contributed by atoms with Crippen molar-refractivity contribution in [2.24, 2.45) is 0 Å². The second kappa shape index (κ2) is 4.60. The van der Waals surface area contributed by atoms with E-state index in [0.29, 0.717) is 5.69 Å². The van der Waals surface area contributed by atoms with Crippen molar-refractivity contribution in [3.05, 3.63) is 53.3 Å². The van der Waals surface area contributed by atoms with Crippen LogP contribution in [0.3, 0.4) is 0 Å². The van der Waals surface area contributed by atoms with E-state index in [2.05, 4.69) is 5.32 Å². The van der Waals surface area contributed by atoms with E-state index in [1.54, 1.807) is 0 Å². The molecule has 3 N–H and O–H groups in total. The lowest BCUT2D eigenvalue weighted by atomic mass is 10.2. The molecular formula is C13H11F3N2. The van der Waals surface area contributed by atoms with Gasteiger partial charge in [-0.05, 0) is 36.8 Å². The Bertz CT molecular complexity index is 597. The van der Waals surface area contributed by atoms with Crippen molar-refractivity contribution in [2.75, 3.05) is 11.1 Å². The van der Waals surface area contributed by atoms with E-state index in [-0.39, 0.29) is 16.9 Å². The van der Waals surface area contributed by atoms with Crippen molar-refractivity contribution >= 4 is 17.1 Å². The maximum atomic E-state index is 13.6. The SMILES string of the molecule is Cc1cc(F)c(Nc2ccc(F)cc2N)cc1F. The molecule has 0 saturated heterocycles. The lowest BCUT2D eigenvalue weighted by molar-refractivity contribution is 0.595. The van der Waals surface area contributed by atoms with E-state index >= 15 is 0 Å². The van der Waals surface area contributed by atoms with Crippen molar-refractivity contribution in [1.29, 1.82) is 0 Å². The highest BCUT2D eigenvalue weighted by Gasteiger charge is 2.09. The lowest BCUT2D eigenvalue weighted by Gasteiger charge is -2.11. The number of halogens is 3. The van der Waals surface area contributed by atoms with Gasteiger partial charge in [0.1, 0.15) is 17.5 Å². The molecule has 2 aromatic rings. The highest BCUT2D eigenvalue weighted by molar-refractivity contribution is 5.72. The summed E-state index contributed by atoms with van der Waals surface area (Å²) < 4.78 is 39.8. The van der Waals surface area contributed by atoms with Crippen molar-refractivity contribution < 1.29 is 13.2 Å². The number of nitrogen functional groups attached to an aromatic ring is 1. The van der Waals surface area contributed by atoms with E-state index in [0.717, 1.165) is 18.2 Å². The first-order valence-electron chi connectivity index (χ1n) is 5.25. The molecule has 0 bridgehead atoms. The van der Waals surface area contributed by atoms with Crippen LogP contribution in [-0.4, -0.2) is 0 Å². The number of nitrogens with one attached hydrogen (secondary N) is 1. The summed E-state index contributed by atoms with van der Waals surface area (Å²) in [6, 6.07) is 5.76. The van der Waals surface area contributed by atoms with Gasteiger partial charge in [-0.15, -0.1) is 0 Å². The zero-order valence-corrected chi connectivity index (χ0v) is 9.60. The minimum Gasteiger partial charge on any atom is -0.397 e. The minimum atomic E-state index is -0.599. The van der Waals surface area contributed by atoms with Crippen LogP contribution in [0, 0.1) is 24.4 Å². The van der Waals surface area contributed by atoms with Crippen molar-refractivity contribution in [3.8, 4) is 0 Å². The predicted molar refractivity (Wildman–Crippen MR) is 65.2 cm³/mol. The van der Waals surface area contributed by atoms with Gasteiger partial charge in [-0.25, -0.2) is 13.2 Å². The Morgan fingerprint density at radius 3 is 2.33 bits per heavy atom. The molecule has 0 unspecified atom stereocenters. The van der Waals surface area contributed by atoms with Gasteiger partial charge in [0.05, 0.1) is 17.1 Å². The molecule has 0 spiro atoms. The quantitative estimate of drug-likeness (QED) is 0.799. The van der Waals surface area contributed by atoms with Crippen LogP contribution in [0.2, 0.25) is 0 Å². The first kappa shape index (κ1) is 12.3. The number of aryl methyl sites for hydroxylation is 1. The summed E-state index contributed by atoms with van der Waals surface area (Å²) >= 11 is 0. The van der Waals surface area contributed by atoms with Crippen molar-refractivity contribution in [2.45, 2.75) is 6.92 Å². The molecule has 2 rings (SSSR count). The van der Waals surface area contributed by atoms with Crippen LogP contribution in [0.4, 0.5) is 30.2 Å². The third-order valence-corrected chi connectivity index (χ3v) is 2.53. The van der Waals surface area contributed by atoms with E-state index in [1.807, 2.05) is 0 Å². The number of anilines is 3. The second-order valence-corrected chi connectivity index (χ2v) is 3.94. The number of hydrogen-bond donors (Lipinski definition) is 2. The molecule has 0 heterocycles. The molecule has 18 heavy (non-hydrogen) atoms. The number of hydrogen-bond acceptors (Lipinski definition) is 2. The highest BCUT2D eigenvalue weighted by atomic mass is 19.1. The van der Waals surface area contributed by atoms with E-state index in [9.17, 15) is 13.2 Å². The minimum absolute atomic E-state index is 0.0450. The molecule has 0 amide bonds.